The van der Waals surface area contributed by atoms with Crippen LogP contribution >= 0.6 is 11.6 Å². The largest absolute Gasteiger partial charge is 0.497 e. The Bertz CT molecular complexity index is 1360. The maximum absolute atomic E-state index is 13.9. The van der Waals surface area contributed by atoms with Gasteiger partial charge in [-0.3, -0.25) is 13.9 Å². The fourth-order valence-electron chi connectivity index (χ4n) is 3.80. The number of carbonyl (C=O) groups excluding carboxylic acids is 2. The highest BCUT2D eigenvalue weighted by molar-refractivity contribution is 7.92. The molecule has 11 heteroatoms. The van der Waals surface area contributed by atoms with Crippen molar-refractivity contribution < 1.29 is 27.5 Å². The lowest BCUT2D eigenvalue weighted by Crippen LogP contribution is -2.50. The summed E-state index contributed by atoms with van der Waals surface area (Å²) >= 11 is 6.00. The predicted octanol–water partition coefficient (Wildman–Crippen LogP) is 3.72. The maximum Gasteiger partial charge on any atom is 0.264 e. The van der Waals surface area contributed by atoms with Crippen LogP contribution < -0.4 is 19.1 Å². The molecule has 1 N–H and O–H groups in total. The number of hydrogen-bond acceptors (Lipinski definition) is 6. The summed E-state index contributed by atoms with van der Waals surface area (Å²) < 4.78 is 39.3. The van der Waals surface area contributed by atoms with Crippen LogP contribution in [-0.2, 0) is 26.2 Å². The summed E-state index contributed by atoms with van der Waals surface area (Å²) in [6, 6.07) is 18.3. The second-order valence-corrected chi connectivity index (χ2v) is 10.6. The SMILES string of the molecule is CNC(=O)[C@H](C)N(Cc1ccc(Cl)cc1)C(=O)CN(c1ccccc1OC)S(=O)(=O)c1ccc(OC)cc1. The number of para-hydroxylation sites is 2. The molecule has 3 aromatic rings. The Morgan fingerprint density at radius 2 is 1.58 bits per heavy atom. The Labute approximate surface area is 228 Å². The molecule has 0 saturated carbocycles. The minimum atomic E-state index is -4.24. The van der Waals surface area contributed by atoms with Crippen molar-refractivity contribution in [1.82, 2.24) is 10.2 Å². The van der Waals surface area contributed by atoms with Gasteiger partial charge in [-0.15, -0.1) is 0 Å². The molecule has 3 rings (SSSR count). The highest BCUT2D eigenvalue weighted by Crippen LogP contribution is 2.33. The molecule has 0 aromatic heterocycles. The minimum Gasteiger partial charge on any atom is -0.497 e. The molecule has 3 aromatic carbocycles. The van der Waals surface area contributed by atoms with Crippen molar-refractivity contribution >= 4 is 39.1 Å². The van der Waals surface area contributed by atoms with Crippen LogP contribution in [0.5, 0.6) is 11.5 Å². The topological polar surface area (TPSA) is 105 Å². The van der Waals surface area contributed by atoms with Crippen molar-refractivity contribution in [2.24, 2.45) is 0 Å². The third kappa shape index (κ3) is 6.56. The highest BCUT2D eigenvalue weighted by atomic mass is 35.5. The number of ether oxygens (including phenoxy) is 2. The molecule has 0 aliphatic carbocycles. The zero-order valence-corrected chi connectivity index (χ0v) is 23.1. The van der Waals surface area contributed by atoms with Gasteiger partial charge in [-0.05, 0) is 61.0 Å². The lowest BCUT2D eigenvalue weighted by molar-refractivity contribution is -0.139. The van der Waals surface area contributed by atoms with Crippen molar-refractivity contribution in [1.29, 1.82) is 0 Å². The van der Waals surface area contributed by atoms with Gasteiger partial charge in [0.1, 0.15) is 24.1 Å². The van der Waals surface area contributed by atoms with E-state index in [1.807, 2.05) is 0 Å². The Morgan fingerprint density at radius 1 is 0.947 bits per heavy atom. The number of halogens is 1. The van der Waals surface area contributed by atoms with E-state index >= 15 is 0 Å². The highest BCUT2D eigenvalue weighted by Gasteiger charge is 2.33. The second kappa shape index (κ2) is 12.7. The number of hydrogen-bond donors (Lipinski definition) is 1. The normalized spacial score (nSPS) is 11.8. The van der Waals surface area contributed by atoms with Crippen LogP contribution in [0.15, 0.2) is 77.7 Å². The Hall–Kier alpha value is -3.76. The minimum absolute atomic E-state index is 0.0411. The average Bonchev–Trinajstić information content (AvgIpc) is 2.94. The van der Waals surface area contributed by atoms with Crippen LogP contribution in [0.2, 0.25) is 5.02 Å². The van der Waals surface area contributed by atoms with Gasteiger partial charge in [-0.2, -0.15) is 0 Å². The fourth-order valence-corrected chi connectivity index (χ4v) is 5.35. The van der Waals surface area contributed by atoms with Gasteiger partial charge in [0.2, 0.25) is 11.8 Å². The Balaban J connectivity index is 2.06. The van der Waals surface area contributed by atoms with Crippen molar-refractivity contribution in [2.75, 3.05) is 32.1 Å². The van der Waals surface area contributed by atoms with Crippen LogP contribution in [0, 0.1) is 0 Å². The number of methoxy groups -OCH3 is 2. The van der Waals surface area contributed by atoms with E-state index < -0.39 is 34.4 Å². The molecule has 0 bridgehead atoms. The van der Waals surface area contributed by atoms with Crippen LogP contribution in [0.25, 0.3) is 0 Å². The quantitative estimate of drug-likeness (QED) is 0.384. The monoisotopic (exact) mass is 559 g/mol. The summed E-state index contributed by atoms with van der Waals surface area (Å²) in [5.74, 6) is -0.230. The molecular formula is C27H30ClN3O6S. The number of benzene rings is 3. The smallest absolute Gasteiger partial charge is 0.264 e. The summed E-state index contributed by atoms with van der Waals surface area (Å²) in [6.45, 7) is 1.06. The summed E-state index contributed by atoms with van der Waals surface area (Å²) in [6.07, 6.45) is 0. The van der Waals surface area contributed by atoms with Gasteiger partial charge < -0.3 is 19.7 Å². The molecule has 9 nitrogen and oxygen atoms in total. The number of nitrogens with one attached hydrogen (secondary N) is 1. The summed E-state index contributed by atoms with van der Waals surface area (Å²) in [4.78, 5) is 27.6. The lowest BCUT2D eigenvalue weighted by Gasteiger charge is -2.32. The van der Waals surface area contributed by atoms with Crippen LogP contribution in [0.4, 0.5) is 5.69 Å². The third-order valence-corrected chi connectivity index (χ3v) is 7.99. The van der Waals surface area contributed by atoms with Crippen LogP contribution in [0.3, 0.4) is 0 Å². The number of likely N-dealkylation sites (N-methyl/N-ethyl adjacent to an activating group) is 1. The molecule has 0 aliphatic rings. The average molecular weight is 560 g/mol. The third-order valence-electron chi connectivity index (χ3n) is 5.96. The number of rotatable bonds is 11. The predicted molar refractivity (Wildman–Crippen MR) is 146 cm³/mol. The number of nitrogens with zero attached hydrogens (tertiary/aromatic N) is 2. The van der Waals surface area contributed by atoms with Crippen LogP contribution in [0.1, 0.15) is 12.5 Å². The van der Waals surface area contributed by atoms with E-state index in [1.165, 1.54) is 50.4 Å². The fraction of sp³-hybridized carbons (Fsp3) is 0.259. The van der Waals surface area contributed by atoms with E-state index in [4.69, 9.17) is 21.1 Å². The molecule has 0 heterocycles. The molecule has 2 amide bonds. The first kappa shape index (κ1) is 28.8. The molecule has 0 fully saturated rings. The standard InChI is InChI=1S/C27H30ClN3O6S/c1-19(27(33)29-2)30(17-20-9-11-21(28)12-10-20)26(32)18-31(24-7-5-6-8-25(24)37-4)38(34,35)23-15-13-22(36-3)14-16-23/h5-16,19H,17-18H2,1-4H3,(H,29,33)/t19-/m0/s1. The molecule has 202 valence electrons. The summed E-state index contributed by atoms with van der Waals surface area (Å²) in [5.41, 5.74) is 0.901. The zero-order chi connectivity index (χ0) is 27.9. The van der Waals surface area contributed by atoms with Gasteiger partial charge in [0, 0.05) is 18.6 Å². The van der Waals surface area contributed by atoms with Gasteiger partial charge in [-0.25, -0.2) is 8.42 Å². The van der Waals surface area contributed by atoms with Crippen molar-refractivity contribution in [3.05, 3.63) is 83.4 Å². The van der Waals surface area contributed by atoms with Crippen LogP contribution in [-0.4, -0.2) is 59.0 Å². The van der Waals surface area contributed by atoms with E-state index in [2.05, 4.69) is 5.32 Å². The summed E-state index contributed by atoms with van der Waals surface area (Å²) in [5, 5.41) is 3.07. The number of carbonyl (C=O) groups is 2. The molecule has 0 radical (unpaired) electrons. The maximum atomic E-state index is 13.9. The first-order valence-electron chi connectivity index (χ1n) is 11.7. The van der Waals surface area contributed by atoms with E-state index in [0.717, 1.165) is 9.87 Å². The first-order chi connectivity index (χ1) is 18.1. The number of amides is 2. The molecule has 1 atom stereocenters. The molecule has 38 heavy (non-hydrogen) atoms. The van der Waals surface area contributed by atoms with Crippen molar-refractivity contribution in [3.8, 4) is 11.5 Å². The number of anilines is 1. The van der Waals surface area contributed by atoms with Gasteiger partial charge in [0.15, 0.2) is 0 Å². The van der Waals surface area contributed by atoms with Crippen molar-refractivity contribution in [3.63, 3.8) is 0 Å². The summed E-state index contributed by atoms with van der Waals surface area (Å²) in [7, 11) is 0.128. The number of sulfonamides is 1. The van der Waals surface area contributed by atoms with Gasteiger partial charge in [0.25, 0.3) is 10.0 Å². The molecule has 0 saturated heterocycles. The van der Waals surface area contributed by atoms with Crippen molar-refractivity contribution in [2.45, 2.75) is 24.4 Å². The molecule has 0 spiro atoms. The molecule has 0 unspecified atom stereocenters. The first-order valence-corrected chi connectivity index (χ1v) is 13.5. The Morgan fingerprint density at radius 3 is 2.16 bits per heavy atom. The van der Waals surface area contributed by atoms with Gasteiger partial charge >= 0.3 is 0 Å². The van der Waals surface area contributed by atoms with Gasteiger partial charge in [-0.1, -0.05) is 35.9 Å². The van der Waals surface area contributed by atoms with E-state index in [0.29, 0.717) is 10.8 Å². The lowest BCUT2D eigenvalue weighted by atomic mass is 10.1. The van der Waals surface area contributed by atoms with E-state index in [9.17, 15) is 18.0 Å². The van der Waals surface area contributed by atoms with E-state index in [1.54, 1.807) is 55.5 Å². The molecule has 0 aliphatic heterocycles. The van der Waals surface area contributed by atoms with Gasteiger partial charge in [0.05, 0.1) is 24.8 Å². The zero-order valence-electron chi connectivity index (χ0n) is 21.5. The van der Waals surface area contributed by atoms with E-state index in [-0.39, 0.29) is 22.9 Å². The molecular weight excluding hydrogens is 530 g/mol. The Kier molecular flexibility index (Phi) is 9.60. The second-order valence-electron chi connectivity index (χ2n) is 8.30.